The van der Waals surface area contributed by atoms with Crippen molar-refractivity contribution in [3.63, 3.8) is 0 Å². The Morgan fingerprint density at radius 1 is 1.19 bits per heavy atom. The molecule has 0 saturated carbocycles. The predicted octanol–water partition coefficient (Wildman–Crippen LogP) is 1.42. The lowest BCUT2D eigenvalue weighted by Crippen LogP contribution is -2.14. The Morgan fingerprint density at radius 2 is 1.81 bits per heavy atom. The van der Waals surface area contributed by atoms with Gasteiger partial charge in [-0.05, 0) is 24.6 Å². The van der Waals surface area contributed by atoms with Crippen LogP contribution in [0.5, 0.6) is 0 Å². The SMILES string of the molecule is CCOC(=O)CC(=O)CC(O)c1ccc(C(=O)OC)cc1. The summed E-state index contributed by atoms with van der Waals surface area (Å²) in [5, 5.41) is 9.93. The van der Waals surface area contributed by atoms with Crippen molar-refractivity contribution >= 4 is 17.7 Å². The number of benzene rings is 1. The normalized spacial score (nSPS) is 11.6. The third kappa shape index (κ3) is 5.35. The van der Waals surface area contributed by atoms with E-state index in [9.17, 15) is 19.5 Å². The van der Waals surface area contributed by atoms with Gasteiger partial charge in [0.25, 0.3) is 0 Å². The zero-order valence-electron chi connectivity index (χ0n) is 12.0. The van der Waals surface area contributed by atoms with E-state index in [0.29, 0.717) is 11.1 Å². The van der Waals surface area contributed by atoms with E-state index >= 15 is 0 Å². The Morgan fingerprint density at radius 3 is 2.33 bits per heavy atom. The number of esters is 2. The highest BCUT2D eigenvalue weighted by Crippen LogP contribution is 2.18. The molecule has 1 rings (SSSR count). The van der Waals surface area contributed by atoms with Gasteiger partial charge in [0, 0.05) is 6.42 Å². The van der Waals surface area contributed by atoms with Crippen LogP contribution in [0, 0.1) is 0 Å². The van der Waals surface area contributed by atoms with Gasteiger partial charge in [-0.2, -0.15) is 0 Å². The second-order valence-electron chi connectivity index (χ2n) is 4.35. The van der Waals surface area contributed by atoms with Crippen LogP contribution in [0.2, 0.25) is 0 Å². The molecule has 0 aliphatic rings. The van der Waals surface area contributed by atoms with Gasteiger partial charge in [0.15, 0.2) is 0 Å². The Bertz CT molecular complexity index is 505. The molecule has 0 aliphatic carbocycles. The summed E-state index contributed by atoms with van der Waals surface area (Å²) in [5.74, 6) is -1.48. The van der Waals surface area contributed by atoms with Crippen LogP contribution in [0.3, 0.4) is 0 Å². The molecule has 114 valence electrons. The molecule has 0 amide bonds. The molecule has 0 saturated heterocycles. The lowest BCUT2D eigenvalue weighted by atomic mass is 10.0. The van der Waals surface area contributed by atoms with Crippen molar-refractivity contribution in [3.05, 3.63) is 35.4 Å². The summed E-state index contributed by atoms with van der Waals surface area (Å²) in [4.78, 5) is 34.0. The number of ether oxygens (including phenoxy) is 2. The van der Waals surface area contributed by atoms with E-state index in [2.05, 4.69) is 9.47 Å². The van der Waals surface area contributed by atoms with Gasteiger partial charge < -0.3 is 14.6 Å². The Kier molecular flexibility index (Phi) is 6.55. The molecule has 1 N–H and O–H groups in total. The molecule has 1 aromatic rings. The molecular weight excluding hydrogens is 276 g/mol. The van der Waals surface area contributed by atoms with Crippen molar-refractivity contribution in [2.45, 2.75) is 25.9 Å². The highest BCUT2D eigenvalue weighted by molar-refractivity contribution is 5.95. The molecule has 21 heavy (non-hydrogen) atoms. The van der Waals surface area contributed by atoms with Crippen LogP contribution < -0.4 is 0 Å². The van der Waals surface area contributed by atoms with Gasteiger partial charge in [0.05, 0.1) is 25.4 Å². The summed E-state index contributed by atoms with van der Waals surface area (Å²) in [7, 11) is 1.28. The van der Waals surface area contributed by atoms with Gasteiger partial charge in [0.1, 0.15) is 12.2 Å². The van der Waals surface area contributed by atoms with E-state index < -0.39 is 23.8 Å². The number of rotatable bonds is 7. The molecule has 6 heteroatoms. The largest absolute Gasteiger partial charge is 0.466 e. The molecule has 0 aromatic heterocycles. The zero-order valence-corrected chi connectivity index (χ0v) is 12.0. The first-order valence-electron chi connectivity index (χ1n) is 6.51. The highest BCUT2D eigenvalue weighted by Gasteiger charge is 2.17. The maximum Gasteiger partial charge on any atom is 0.337 e. The number of methoxy groups -OCH3 is 1. The first kappa shape index (κ1) is 16.8. The fourth-order valence-electron chi connectivity index (χ4n) is 1.74. The third-order valence-electron chi connectivity index (χ3n) is 2.78. The number of ketones is 1. The number of aliphatic hydroxyl groups is 1. The number of Topliss-reactive ketones (excluding diaryl/α,β-unsaturated/α-hetero) is 1. The molecule has 1 aromatic carbocycles. The monoisotopic (exact) mass is 294 g/mol. The van der Waals surface area contributed by atoms with Gasteiger partial charge in [0.2, 0.25) is 0 Å². The van der Waals surface area contributed by atoms with E-state index in [1.165, 1.54) is 31.4 Å². The van der Waals surface area contributed by atoms with Crippen molar-refractivity contribution < 1.29 is 29.0 Å². The topological polar surface area (TPSA) is 89.9 Å². The van der Waals surface area contributed by atoms with Crippen LogP contribution in [-0.4, -0.2) is 36.5 Å². The van der Waals surface area contributed by atoms with Crippen molar-refractivity contribution in [2.75, 3.05) is 13.7 Å². The summed E-state index contributed by atoms with van der Waals surface area (Å²) >= 11 is 0. The van der Waals surface area contributed by atoms with E-state index in [-0.39, 0.29) is 19.4 Å². The Balaban J connectivity index is 2.59. The van der Waals surface area contributed by atoms with Crippen LogP contribution in [0.25, 0.3) is 0 Å². The Labute approximate surface area is 122 Å². The standard InChI is InChI=1S/C15H18O6/c1-3-21-14(18)9-12(16)8-13(17)10-4-6-11(7-5-10)15(19)20-2/h4-7,13,17H,3,8-9H2,1-2H3. The average molecular weight is 294 g/mol. The molecule has 0 bridgehead atoms. The summed E-state index contributed by atoms with van der Waals surface area (Å²) < 4.78 is 9.22. The molecule has 0 heterocycles. The average Bonchev–Trinajstić information content (AvgIpc) is 2.46. The number of aliphatic hydroxyl groups excluding tert-OH is 1. The van der Waals surface area contributed by atoms with Gasteiger partial charge in [-0.1, -0.05) is 12.1 Å². The van der Waals surface area contributed by atoms with Crippen LogP contribution in [0.15, 0.2) is 24.3 Å². The minimum atomic E-state index is -1.03. The van der Waals surface area contributed by atoms with Crippen LogP contribution in [-0.2, 0) is 19.1 Å². The molecule has 1 unspecified atom stereocenters. The summed E-state index contributed by atoms with van der Waals surface area (Å²) in [6.45, 7) is 1.86. The minimum absolute atomic E-state index is 0.184. The fourth-order valence-corrected chi connectivity index (χ4v) is 1.74. The molecule has 0 aliphatic heterocycles. The van der Waals surface area contributed by atoms with Crippen molar-refractivity contribution in [1.82, 2.24) is 0 Å². The molecular formula is C15H18O6. The van der Waals surface area contributed by atoms with E-state index in [1.54, 1.807) is 6.92 Å². The quantitative estimate of drug-likeness (QED) is 0.604. The number of hydrogen-bond donors (Lipinski definition) is 1. The lowest BCUT2D eigenvalue weighted by Gasteiger charge is -2.10. The van der Waals surface area contributed by atoms with Gasteiger partial charge in [-0.15, -0.1) is 0 Å². The van der Waals surface area contributed by atoms with Crippen molar-refractivity contribution in [1.29, 1.82) is 0 Å². The maximum atomic E-state index is 11.6. The third-order valence-corrected chi connectivity index (χ3v) is 2.78. The molecule has 0 spiro atoms. The smallest absolute Gasteiger partial charge is 0.337 e. The molecule has 0 fully saturated rings. The van der Waals surface area contributed by atoms with E-state index in [0.717, 1.165) is 0 Å². The fraction of sp³-hybridized carbons (Fsp3) is 0.400. The van der Waals surface area contributed by atoms with Crippen LogP contribution >= 0.6 is 0 Å². The maximum absolute atomic E-state index is 11.6. The van der Waals surface area contributed by atoms with Crippen LogP contribution in [0.4, 0.5) is 0 Å². The predicted molar refractivity (Wildman–Crippen MR) is 73.6 cm³/mol. The van der Waals surface area contributed by atoms with E-state index in [1.807, 2.05) is 0 Å². The second-order valence-corrected chi connectivity index (χ2v) is 4.35. The summed E-state index contributed by atoms with van der Waals surface area (Å²) in [5.41, 5.74) is 0.839. The molecule has 0 radical (unpaired) electrons. The number of carbonyl (C=O) groups excluding carboxylic acids is 3. The number of carbonyl (C=O) groups is 3. The van der Waals surface area contributed by atoms with Gasteiger partial charge in [-0.3, -0.25) is 9.59 Å². The Hall–Kier alpha value is -2.21. The first-order valence-corrected chi connectivity index (χ1v) is 6.51. The van der Waals surface area contributed by atoms with Crippen molar-refractivity contribution in [2.24, 2.45) is 0 Å². The minimum Gasteiger partial charge on any atom is -0.466 e. The van der Waals surface area contributed by atoms with Crippen LogP contribution in [0.1, 0.15) is 41.8 Å². The lowest BCUT2D eigenvalue weighted by molar-refractivity contribution is -0.145. The summed E-state index contributed by atoms with van der Waals surface area (Å²) in [6, 6.07) is 6.07. The van der Waals surface area contributed by atoms with E-state index in [4.69, 9.17) is 0 Å². The molecule has 6 nitrogen and oxygen atoms in total. The van der Waals surface area contributed by atoms with Crippen molar-refractivity contribution in [3.8, 4) is 0 Å². The first-order chi connectivity index (χ1) is 9.97. The number of hydrogen-bond acceptors (Lipinski definition) is 6. The summed E-state index contributed by atoms with van der Waals surface area (Å²) in [6.07, 6.45) is -1.57. The van der Waals surface area contributed by atoms with Gasteiger partial charge in [-0.25, -0.2) is 4.79 Å². The highest BCUT2D eigenvalue weighted by atomic mass is 16.5. The second kappa shape index (κ2) is 8.16. The zero-order chi connectivity index (χ0) is 15.8. The van der Waals surface area contributed by atoms with Gasteiger partial charge >= 0.3 is 11.9 Å². The molecule has 1 atom stereocenters.